The Balaban J connectivity index is 2.46. The summed E-state index contributed by atoms with van der Waals surface area (Å²) < 4.78 is 0. The van der Waals surface area contributed by atoms with Gasteiger partial charge < -0.3 is 10.6 Å². The molecule has 0 aliphatic heterocycles. The Labute approximate surface area is 138 Å². The summed E-state index contributed by atoms with van der Waals surface area (Å²) >= 11 is 0. The number of amides is 1. The van der Waals surface area contributed by atoms with Crippen molar-refractivity contribution in [2.45, 2.75) is 98.2 Å². The third kappa shape index (κ3) is 7.13. The SMILES string of the molecule is CC(C)CC(C)CC(C)NC(=O)[C@@H]1CCC[C@@H]1NC(C)(C)C. The van der Waals surface area contributed by atoms with Gasteiger partial charge in [0.2, 0.25) is 5.91 Å². The number of rotatable bonds is 7. The third-order valence-corrected chi connectivity index (χ3v) is 4.49. The van der Waals surface area contributed by atoms with Crippen molar-refractivity contribution in [2.24, 2.45) is 17.8 Å². The number of carbonyl (C=O) groups excluding carboxylic acids is 1. The molecule has 0 spiro atoms. The van der Waals surface area contributed by atoms with Crippen molar-refractivity contribution in [2.75, 3.05) is 0 Å². The highest BCUT2D eigenvalue weighted by Crippen LogP contribution is 2.28. The normalized spacial score (nSPS) is 25.3. The molecule has 0 heterocycles. The largest absolute Gasteiger partial charge is 0.353 e. The van der Waals surface area contributed by atoms with Crippen LogP contribution in [0.15, 0.2) is 0 Å². The molecule has 1 fully saturated rings. The predicted octanol–water partition coefficient (Wildman–Crippen LogP) is 4.12. The van der Waals surface area contributed by atoms with E-state index >= 15 is 0 Å². The molecule has 0 bridgehead atoms. The van der Waals surface area contributed by atoms with Crippen LogP contribution in [0.3, 0.4) is 0 Å². The molecule has 1 aliphatic rings. The molecule has 1 amide bonds. The van der Waals surface area contributed by atoms with Gasteiger partial charge in [-0.1, -0.05) is 27.2 Å². The van der Waals surface area contributed by atoms with Gasteiger partial charge in [-0.2, -0.15) is 0 Å². The zero-order valence-electron chi connectivity index (χ0n) is 15.8. The van der Waals surface area contributed by atoms with E-state index in [0.29, 0.717) is 12.0 Å². The zero-order chi connectivity index (χ0) is 16.9. The van der Waals surface area contributed by atoms with E-state index in [1.165, 1.54) is 6.42 Å². The summed E-state index contributed by atoms with van der Waals surface area (Å²) in [7, 11) is 0. The summed E-state index contributed by atoms with van der Waals surface area (Å²) in [5.74, 6) is 1.79. The average molecular weight is 311 g/mol. The third-order valence-electron chi connectivity index (χ3n) is 4.49. The molecule has 3 heteroatoms. The second-order valence-corrected chi connectivity index (χ2v) is 8.92. The highest BCUT2D eigenvalue weighted by molar-refractivity contribution is 5.80. The van der Waals surface area contributed by atoms with E-state index in [1.54, 1.807) is 0 Å². The quantitative estimate of drug-likeness (QED) is 0.742. The second-order valence-electron chi connectivity index (χ2n) is 8.92. The Morgan fingerprint density at radius 1 is 1.09 bits per heavy atom. The van der Waals surface area contributed by atoms with Crippen LogP contribution in [-0.4, -0.2) is 23.5 Å². The minimum absolute atomic E-state index is 0.0743. The minimum Gasteiger partial charge on any atom is -0.353 e. The topological polar surface area (TPSA) is 41.1 Å². The average Bonchev–Trinajstić information content (AvgIpc) is 2.72. The highest BCUT2D eigenvalue weighted by atomic mass is 16.2. The molecule has 0 saturated heterocycles. The summed E-state index contributed by atoms with van der Waals surface area (Å²) in [4.78, 5) is 12.6. The lowest BCUT2D eigenvalue weighted by atomic mass is 9.92. The summed E-state index contributed by atoms with van der Waals surface area (Å²) in [5.41, 5.74) is 0.0743. The fourth-order valence-corrected chi connectivity index (χ4v) is 3.92. The molecule has 4 atom stereocenters. The molecule has 3 nitrogen and oxygen atoms in total. The molecule has 0 radical (unpaired) electrons. The van der Waals surface area contributed by atoms with E-state index in [1.807, 2.05) is 0 Å². The van der Waals surface area contributed by atoms with Crippen LogP contribution < -0.4 is 10.6 Å². The van der Waals surface area contributed by atoms with Crippen molar-refractivity contribution in [3.05, 3.63) is 0 Å². The smallest absolute Gasteiger partial charge is 0.224 e. The first-order valence-corrected chi connectivity index (χ1v) is 9.16. The Hall–Kier alpha value is -0.570. The van der Waals surface area contributed by atoms with Gasteiger partial charge in [0.05, 0.1) is 5.92 Å². The molecule has 2 N–H and O–H groups in total. The maximum atomic E-state index is 12.6. The van der Waals surface area contributed by atoms with Gasteiger partial charge in [-0.15, -0.1) is 0 Å². The van der Waals surface area contributed by atoms with Crippen LogP contribution in [0.5, 0.6) is 0 Å². The Morgan fingerprint density at radius 3 is 2.27 bits per heavy atom. The lowest BCUT2D eigenvalue weighted by Crippen LogP contribution is -2.50. The molecule has 22 heavy (non-hydrogen) atoms. The van der Waals surface area contributed by atoms with Gasteiger partial charge in [0.15, 0.2) is 0 Å². The summed E-state index contributed by atoms with van der Waals surface area (Å²) in [6.07, 6.45) is 5.61. The van der Waals surface area contributed by atoms with Gasteiger partial charge in [-0.25, -0.2) is 0 Å². The highest BCUT2D eigenvalue weighted by Gasteiger charge is 2.35. The molecular weight excluding hydrogens is 272 g/mol. The fraction of sp³-hybridized carbons (Fsp3) is 0.947. The number of hydrogen-bond donors (Lipinski definition) is 2. The van der Waals surface area contributed by atoms with Crippen molar-refractivity contribution in [1.29, 1.82) is 0 Å². The number of carbonyl (C=O) groups is 1. The lowest BCUT2D eigenvalue weighted by molar-refractivity contribution is -0.126. The summed E-state index contributed by atoms with van der Waals surface area (Å²) in [6, 6.07) is 0.609. The Bertz CT molecular complexity index is 346. The summed E-state index contributed by atoms with van der Waals surface area (Å²) in [5, 5.41) is 6.89. The van der Waals surface area contributed by atoms with Crippen LogP contribution in [0.1, 0.15) is 80.6 Å². The van der Waals surface area contributed by atoms with Crippen molar-refractivity contribution in [3.8, 4) is 0 Å². The van der Waals surface area contributed by atoms with E-state index in [4.69, 9.17) is 0 Å². The maximum absolute atomic E-state index is 12.6. The van der Waals surface area contributed by atoms with Gasteiger partial charge >= 0.3 is 0 Å². The molecule has 130 valence electrons. The van der Waals surface area contributed by atoms with Gasteiger partial charge in [-0.05, 0) is 65.2 Å². The van der Waals surface area contributed by atoms with Crippen LogP contribution in [0, 0.1) is 17.8 Å². The molecular formula is C19H38N2O. The van der Waals surface area contributed by atoms with E-state index in [9.17, 15) is 4.79 Å². The molecule has 2 unspecified atom stereocenters. The van der Waals surface area contributed by atoms with Crippen LogP contribution in [0.25, 0.3) is 0 Å². The van der Waals surface area contributed by atoms with Crippen LogP contribution in [0.4, 0.5) is 0 Å². The molecule has 0 aromatic rings. The lowest BCUT2D eigenvalue weighted by Gasteiger charge is -2.30. The van der Waals surface area contributed by atoms with Crippen LogP contribution in [-0.2, 0) is 4.79 Å². The predicted molar refractivity (Wildman–Crippen MR) is 94.9 cm³/mol. The minimum atomic E-state index is 0.0743. The second kappa shape index (κ2) is 8.33. The van der Waals surface area contributed by atoms with Crippen molar-refractivity contribution in [1.82, 2.24) is 10.6 Å². The fourth-order valence-electron chi connectivity index (χ4n) is 3.92. The number of hydrogen-bond acceptors (Lipinski definition) is 2. The summed E-state index contributed by atoms with van der Waals surface area (Å²) in [6.45, 7) is 15.5. The van der Waals surface area contributed by atoms with E-state index < -0.39 is 0 Å². The molecule has 0 aromatic carbocycles. The first-order chi connectivity index (χ1) is 10.1. The van der Waals surface area contributed by atoms with E-state index in [-0.39, 0.29) is 23.4 Å². The Kier molecular flexibility index (Phi) is 7.37. The maximum Gasteiger partial charge on any atom is 0.224 e. The Morgan fingerprint density at radius 2 is 1.73 bits per heavy atom. The van der Waals surface area contributed by atoms with Crippen molar-refractivity contribution < 1.29 is 4.79 Å². The first kappa shape index (κ1) is 19.5. The van der Waals surface area contributed by atoms with Gasteiger partial charge in [0, 0.05) is 17.6 Å². The van der Waals surface area contributed by atoms with E-state index in [2.05, 4.69) is 59.1 Å². The standard InChI is InChI=1S/C19H38N2O/c1-13(2)11-14(3)12-15(4)20-18(22)16-9-8-10-17(16)21-19(5,6)7/h13-17,21H,8-12H2,1-7H3,(H,20,22)/t14?,15?,16-,17+/m1/s1. The van der Waals surface area contributed by atoms with Gasteiger partial charge in [-0.3, -0.25) is 4.79 Å². The van der Waals surface area contributed by atoms with Gasteiger partial charge in [0.25, 0.3) is 0 Å². The molecule has 1 aliphatic carbocycles. The monoisotopic (exact) mass is 310 g/mol. The van der Waals surface area contributed by atoms with Crippen LogP contribution in [0.2, 0.25) is 0 Å². The van der Waals surface area contributed by atoms with Crippen molar-refractivity contribution in [3.63, 3.8) is 0 Å². The molecule has 1 rings (SSSR count). The zero-order valence-corrected chi connectivity index (χ0v) is 15.8. The van der Waals surface area contributed by atoms with Crippen LogP contribution >= 0.6 is 0 Å². The van der Waals surface area contributed by atoms with Gasteiger partial charge in [0.1, 0.15) is 0 Å². The first-order valence-electron chi connectivity index (χ1n) is 9.16. The number of nitrogens with one attached hydrogen (secondary N) is 2. The molecule has 0 aromatic heterocycles. The van der Waals surface area contributed by atoms with Crippen molar-refractivity contribution >= 4 is 5.91 Å². The molecule has 1 saturated carbocycles. The van der Waals surface area contributed by atoms with E-state index in [0.717, 1.165) is 31.6 Å².